The predicted octanol–water partition coefficient (Wildman–Crippen LogP) is 18.7. The molecular formula is C97H67Cl3F6N10O16. The molecule has 3 aromatic heterocycles. The molecular weight excluding hydrogens is 1780 g/mol. The van der Waals surface area contributed by atoms with Gasteiger partial charge in [0.05, 0.1) is 107 Å². The Morgan fingerprint density at radius 1 is 0.364 bits per heavy atom. The Morgan fingerprint density at radius 2 is 0.705 bits per heavy atom. The van der Waals surface area contributed by atoms with Crippen LogP contribution >= 0.6 is 34.8 Å². The number of H-pyrrole nitrogens is 1. The molecule has 12 aromatic carbocycles. The molecule has 26 nitrogen and oxygen atoms in total. The lowest BCUT2D eigenvalue weighted by Crippen LogP contribution is -2.21. The van der Waals surface area contributed by atoms with Gasteiger partial charge in [0.15, 0.2) is 27.7 Å². The first-order valence-electron chi connectivity index (χ1n) is 38.6. The number of aromatic nitrogens is 6. The van der Waals surface area contributed by atoms with Gasteiger partial charge in [-0.2, -0.15) is 0 Å². The van der Waals surface area contributed by atoms with Gasteiger partial charge in [0.25, 0.3) is 16.6 Å². The van der Waals surface area contributed by atoms with Gasteiger partial charge in [0, 0.05) is 57.3 Å². The number of carboxylic acids is 1. The maximum atomic E-state index is 13.0. The fourth-order valence-corrected chi connectivity index (χ4v) is 13.0. The van der Waals surface area contributed by atoms with Crippen LogP contribution in [0.5, 0.6) is 0 Å². The lowest BCUT2D eigenvalue weighted by molar-refractivity contribution is -0.135. The number of aromatic amines is 1. The number of rotatable bonds is 13. The van der Waals surface area contributed by atoms with Crippen molar-refractivity contribution in [1.29, 1.82) is 0 Å². The first-order valence-corrected chi connectivity index (χ1v) is 39.7. The Hall–Kier alpha value is -16.5. The second-order valence-electron chi connectivity index (χ2n) is 27.9. The van der Waals surface area contributed by atoms with Crippen LogP contribution in [0.25, 0.3) is 66.9 Å². The summed E-state index contributed by atoms with van der Waals surface area (Å²) in [7, 11) is 5.02. The van der Waals surface area contributed by atoms with Crippen LogP contribution in [-0.2, 0) is 46.2 Å². The Kier molecular flexibility index (Phi) is 31.9. The molecule has 0 saturated carbocycles. The number of halogens is 9. The van der Waals surface area contributed by atoms with Crippen LogP contribution in [0, 0.1) is 34.9 Å². The molecule has 0 spiro atoms. The number of carboxylic acid groups (broad SMARTS) is 1. The molecule has 35 heteroatoms. The number of nitrogens with two attached hydrogens (primary N) is 2. The maximum absolute atomic E-state index is 13.0. The zero-order valence-electron chi connectivity index (χ0n) is 69.4. The van der Waals surface area contributed by atoms with Crippen molar-refractivity contribution in [2.45, 2.75) is 19.8 Å². The SMILES string of the molecule is CC(=O)c1ccc2nc(-c3ccc(F)cc3)c(Cl)nc2c1.COC(=O)C(=O)c1ccc(F)cc1.COC(=O)c1ccc(N)c(N)c1.COC(=O)c1ccc2[nH]c(=O)c(-c3ccc(F)cc3)nc2c1.COC(=O)c1ccc2c(c1)CC(=O)C(c1ccc(F)cc1)=N2.O=C(Cl)c1ccc2nc(-c3ccc(F)cc3)c(Cl)nc2c1.O=C1Cc2cc(C(=O)O)ccc2N=C1c1ccc(F)cc1. The fourth-order valence-electron chi connectivity index (χ4n) is 12.3. The quantitative estimate of drug-likeness (QED) is 0.0158. The van der Waals surface area contributed by atoms with Gasteiger partial charge >= 0.3 is 29.8 Å². The summed E-state index contributed by atoms with van der Waals surface area (Å²) in [6.07, 6.45) is 0.239. The normalized spacial score (nSPS) is 11.4. The molecule has 17 rings (SSSR count). The second-order valence-corrected chi connectivity index (χ2v) is 29.0. The van der Waals surface area contributed by atoms with Crippen molar-refractivity contribution in [3.05, 3.63) is 372 Å². The molecule has 0 saturated heterocycles. The highest BCUT2D eigenvalue weighted by Crippen LogP contribution is 2.33. The van der Waals surface area contributed by atoms with E-state index < -0.39 is 52.5 Å². The van der Waals surface area contributed by atoms with Gasteiger partial charge in [-0.1, -0.05) is 23.2 Å². The molecule has 2 aliphatic rings. The van der Waals surface area contributed by atoms with E-state index in [0.717, 1.165) is 19.2 Å². The number of hydrogen-bond donors (Lipinski definition) is 4. The number of aromatic carboxylic acids is 1. The Morgan fingerprint density at radius 3 is 1.11 bits per heavy atom. The van der Waals surface area contributed by atoms with Crippen LogP contribution in [-0.4, -0.2) is 133 Å². The monoisotopic (exact) mass is 1850 g/mol. The molecule has 2 aliphatic heterocycles. The number of benzene rings is 12. The number of nitrogens with one attached hydrogen (secondary N) is 1. The predicted molar refractivity (Wildman–Crippen MR) is 482 cm³/mol. The topological polar surface area (TPSA) is 402 Å². The Labute approximate surface area is 759 Å². The smallest absolute Gasteiger partial charge is 0.379 e. The molecule has 0 amide bonds. The second kappa shape index (κ2) is 43.8. The number of carbonyl (C=O) groups excluding carboxylic acids is 9. The molecule has 0 fully saturated rings. The van der Waals surface area contributed by atoms with E-state index in [1.165, 1.54) is 168 Å². The van der Waals surface area contributed by atoms with Gasteiger partial charge in [0.2, 0.25) is 0 Å². The van der Waals surface area contributed by atoms with Crippen LogP contribution in [0.1, 0.15) is 102 Å². The van der Waals surface area contributed by atoms with E-state index in [4.69, 9.17) is 51.4 Å². The third-order valence-electron chi connectivity index (χ3n) is 19.1. The third-order valence-corrected chi connectivity index (χ3v) is 19.8. The molecule has 0 aliphatic carbocycles. The number of Topliss-reactive ketones (excluding diaryl/α,β-unsaturated/α-hetero) is 4. The number of anilines is 2. The lowest BCUT2D eigenvalue weighted by Gasteiger charge is -2.15. The van der Waals surface area contributed by atoms with Gasteiger partial charge in [0.1, 0.15) is 63.4 Å². The molecule has 132 heavy (non-hydrogen) atoms. The van der Waals surface area contributed by atoms with Gasteiger partial charge in [-0.3, -0.25) is 28.8 Å². The number of nitrogens with zero attached hydrogens (tertiary/aromatic N) is 7. The van der Waals surface area contributed by atoms with E-state index in [-0.39, 0.29) is 91.9 Å². The van der Waals surface area contributed by atoms with Gasteiger partial charge in [-0.05, 0) is 284 Å². The molecule has 0 unspecified atom stereocenters. The van der Waals surface area contributed by atoms with E-state index in [1.54, 1.807) is 103 Å². The van der Waals surface area contributed by atoms with Crippen molar-refractivity contribution in [2.75, 3.05) is 39.9 Å². The van der Waals surface area contributed by atoms with E-state index in [0.29, 0.717) is 140 Å². The standard InChI is InChI=1S/C17H12FNO3.C16H10ClFN2O.C16H11FN2O3.C16H10FNO3.C15H7Cl2FN2O.C9H7FO3.C8H10N2O2/c1-22-17(21)11-4-7-14-12(8-11)9-15(20)16(19-14)10-2-5-13(18)6-3-10;1-9(21)11-4-7-13-14(8-11)20-16(17)15(19-13)10-2-5-12(18)6-3-10;1-22-16(21)10-4-7-12-13(8-10)18-14(15(20)19-12)9-2-5-11(17)6-3-9;17-12-4-1-9(2-5-12)15-14(19)8-11-7-10(16(20)21)3-6-13(11)18-15;16-14-13(8-1-4-10(18)5-2-8)19-11-6-3-9(15(17)21)7-12(11)20-14;1-13-9(12)8(11)6-2-4-7(10)5-3-6;1-12-8(11)5-2-3-6(9)7(10)4-5/h2-8H,9H2,1H3;2-8H,1H3;2-8H,1H3,(H,19,20);1-7H,8H2,(H,20,21);1-7H;2-5H,1H3;2-4H,9-10H2,1H3. The number of aliphatic imine (C=N–C) groups is 2. The molecule has 15 aromatic rings. The largest absolute Gasteiger partial charge is 0.478 e. The van der Waals surface area contributed by atoms with Crippen molar-refractivity contribution >= 4 is 160 Å². The van der Waals surface area contributed by atoms with E-state index in [1.807, 2.05) is 0 Å². The summed E-state index contributed by atoms with van der Waals surface area (Å²) in [5.74, 6) is -6.81. The van der Waals surface area contributed by atoms with Gasteiger partial charge in [-0.25, -0.2) is 85.2 Å². The summed E-state index contributed by atoms with van der Waals surface area (Å²) in [5, 5.41) is 8.77. The fraction of sp³-hybridized carbons (Fsp3) is 0.0722. The molecule has 0 radical (unpaired) electrons. The number of nitrogen functional groups attached to an aromatic ring is 2. The van der Waals surface area contributed by atoms with E-state index >= 15 is 0 Å². The average Bonchev–Trinajstić information content (AvgIpc) is 0.814. The highest BCUT2D eigenvalue weighted by molar-refractivity contribution is 6.67. The number of esters is 4. The molecule has 664 valence electrons. The van der Waals surface area contributed by atoms with E-state index in [9.17, 15) is 79.1 Å². The van der Waals surface area contributed by atoms with Crippen LogP contribution in [0.4, 0.5) is 49.1 Å². The summed E-state index contributed by atoms with van der Waals surface area (Å²) in [6, 6.07) is 61.5. The highest BCUT2D eigenvalue weighted by atomic mass is 35.5. The molecule has 0 atom stereocenters. The van der Waals surface area contributed by atoms with E-state index in [2.05, 4.69) is 58.8 Å². The molecule has 5 heterocycles. The number of hydrogen-bond acceptors (Lipinski definition) is 24. The summed E-state index contributed by atoms with van der Waals surface area (Å²) in [6.45, 7) is 1.49. The van der Waals surface area contributed by atoms with Crippen LogP contribution < -0.4 is 17.0 Å². The number of fused-ring (bicyclic) bond motifs is 5. The maximum Gasteiger partial charge on any atom is 0.379 e. The minimum absolute atomic E-state index is 0.0440. The van der Waals surface area contributed by atoms with Gasteiger partial charge in [-0.15, -0.1) is 0 Å². The van der Waals surface area contributed by atoms with Crippen LogP contribution in [0.2, 0.25) is 10.3 Å². The zero-order valence-corrected chi connectivity index (χ0v) is 71.7. The number of carbonyl (C=O) groups is 10. The minimum atomic E-state index is -1.04. The third kappa shape index (κ3) is 24.7. The van der Waals surface area contributed by atoms with Crippen LogP contribution in [0.15, 0.2) is 270 Å². The van der Waals surface area contributed by atoms with Crippen molar-refractivity contribution in [1.82, 2.24) is 29.9 Å². The first kappa shape index (κ1) is 96.2. The van der Waals surface area contributed by atoms with Crippen molar-refractivity contribution in [3.63, 3.8) is 0 Å². The molecule has 0 bridgehead atoms. The average molecular weight is 1850 g/mol. The highest BCUT2D eigenvalue weighted by Gasteiger charge is 2.26. The summed E-state index contributed by atoms with van der Waals surface area (Å²) in [5.41, 5.74) is 23.9. The van der Waals surface area contributed by atoms with Crippen molar-refractivity contribution in [3.8, 4) is 33.8 Å². The number of ether oxygens (including phenoxy) is 4. The molecule has 6 N–H and O–H groups in total. The Bertz CT molecular complexity index is 7020. The summed E-state index contributed by atoms with van der Waals surface area (Å²) >= 11 is 17.7. The van der Waals surface area contributed by atoms with Crippen molar-refractivity contribution in [2.24, 2.45) is 9.98 Å². The minimum Gasteiger partial charge on any atom is -0.478 e. The first-order chi connectivity index (χ1) is 63.1. The van der Waals surface area contributed by atoms with Gasteiger partial charge < -0.3 is 40.5 Å². The van der Waals surface area contributed by atoms with Crippen LogP contribution in [0.3, 0.4) is 0 Å². The number of methoxy groups -OCH3 is 4. The van der Waals surface area contributed by atoms with Crippen molar-refractivity contribution < 1.29 is 98.3 Å². The summed E-state index contributed by atoms with van der Waals surface area (Å²) in [4.78, 5) is 159. The lowest BCUT2D eigenvalue weighted by atomic mass is 9.95. The zero-order chi connectivity index (χ0) is 95.3. The Balaban J connectivity index is 0.000000150. The number of ketones is 4. The summed E-state index contributed by atoms with van der Waals surface area (Å²) < 4.78 is 95.3.